The van der Waals surface area contributed by atoms with Crippen molar-refractivity contribution in [2.24, 2.45) is 0 Å². The monoisotopic (exact) mass is 327 g/mol. The molecule has 0 radical (unpaired) electrons. The number of nitrogens with zero attached hydrogens (tertiary/aromatic N) is 3. The molecule has 4 aromatic rings. The lowest BCUT2D eigenvalue weighted by molar-refractivity contribution is 1.10. The largest absolute Gasteiger partial charge is 0.399 e. The fourth-order valence-corrected chi connectivity index (χ4v) is 2.82. The summed E-state index contributed by atoms with van der Waals surface area (Å²) in [4.78, 5) is 4.51. The molecule has 2 aromatic heterocycles. The second-order valence-corrected chi connectivity index (χ2v) is 5.40. The summed E-state index contributed by atoms with van der Waals surface area (Å²) in [6.45, 7) is 0. The number of fused-ring (bicyclic) bond motifs is 3. The van der Waals surface area contributed by atoms with Gasteiger partial charge in [0.15, 0.2) is 5.82 Å². The Hall–Kier alpha value is -2.34. The quantitative estimate of drug-likeness (QED) is 0.527. The minimum absolute atomic E-state index is 0.705. The van der Waals surface area contributed by atoms with E-state index in [1.807, 2.05) is 46.9 Å². The third kappa shape index (κ3) is 1.55. The molecule has 6 heteroatoms. The molecule has 0 saturated carbocycles. The van der Waals surface area contributed by atoms with Crippen molar-refractivity contribution in [3.63, 3.8) is 0 Å². The van der Waals surface area contributed by atoms with Crippen LogP contribution < -0.4 is 5.73 Å². The maximum absolute atomic E-state index is 5.88. The zero-order valence-corrected chi connectivity index (χ0v) is 11.9. The lowest BCUT2D eigenvalue weighted by Crippen LogP contribution is -1.90. The molecule has 4 rings (SSSR count). The highest BCUT2D eigenvalue weighted by Crippen LogP contribution is 2.29. The number of anilines is 1. The van der Waals surface area contributed by atoms with Crippen molar-refractivity contribution in [1.82, 2.24) is 19.6 Å². The standard InChI is InChI=1S/C14H10BrN5/c15-10-4-2-1-3-9(10)13-18-19-14-17-11-6-5-8(16)7-12(11)20(13)14/h1-7H,16H2,(H,17,19). The molecule has 0 aliphatic carbocycles. The fourth-order valence-electron chi connectivity index (χ4n) is 2.36. The molecule has 3 N–H and O–H groups in total. The van der Waals surface area contributed by atoms with E-state index in [1.165, 1.54) is 0 Å². The summed E-state index contributed by atoms with van der Waals surface area (Å²) in [5, 5.41) is 7.33. The number of H-pyrrole nitrogens is 1. The molecular weight excluding hydrogens is 318 g/mol. The lowest BCUT2D eigenvalue weighted by Gasteiger charge is -2.02. The van der Waals surface area contributed by atoms with Crippen LogP contribution in [0.25, 0.3) is 28.2 Å². The number of nitrogen functional groups attached to an aromatic ring is 1. The Balaban J connectivity index is 2.13. The molecule has 5 nitrogen and oxygen atoms in total. The van der Waals surface area contributed by atoms with Crippen LogP contribution in [0.5, 0.6) is 0 Å². The van der Waals surface area contributed by atoms with Crippen molar-refractivity contribution in [3.8, 4) is 11.4 Å². The van der Waals surface area contributed by atoms with E-state index in [0.29, 0.717) is 11.5 Å². The third-order valence-corrected chi connectivity index (χ3v) is 3.96. The van der Waals surface area contributed by atoms with Gasteiger partial charge >= 0.3 is 0 Å². The fraction of sp³-hybridized carbons (Fsp3) is 0. The summed E-state index contributed by atoms with van der Waals surface area (Å²) in [5.41, 5.74) is 9.42. The van der Waals surface area contributed by atoms with E-state index >= 15 is 0 Å². The van der Waals surface area contributed by atoms with E-state index < -0.39 is 0 Å². The van der Waals surface area contributed by atoms with Gasteiger partial charge in [-0.25, -0.2) is 10.1 Å². The van der Waals surface area contributed by atoms with Gasteiger partial charge in [0, 0.05) is 15.7 Å². The maximum atomic E-state index is 5.88. The van der Waals surface area contributed by atoms with Crippen molar-refractivity contribution in [3.05, 3.63) is 46.9 Å². The van der Waals surface area contributed by atoms with Crippen LogP contribution in [0.15, 0.2) is 46.9 Å². The summed E-state index contributed by atoms with van der Waals surface area (Å²) in [7, 11) is 0. The predicted octanol–water partition coefficient (Wildman–Crippen LogP) is 3.22. The predicted molar refractivity (Wildman–Crippen MR) is 82.4 cm³/mol. The van der Waals surface area contributed by atoms with Crippen molar-refractivity contribution < 1.29 is 0 Å². The molecule has 2 heterocycles. The van der Waals surface area contributed by atoms with Crippen LogP contribution in [0.1, 0.15) is 0 Å². The van der Waals surface area contributed by atoms with Gasteiger partial charge < -0.3 is 5.73 Å². The highest BCUT2D eigenvalue weighted by atomic mass is 79.9. The van der Waals surface area contributed by atoms with Gasteiger partial charge in [-0.1, -0.05) is 34.1 Å². The smallest absolute Gasteiger partial charge is 0.230 e. The maximum Gasteiger partial charge on any atom is 0.230 e. The first-order valence-corrected chi connectivity index (χ1v) is 6.90. The molecule has 0 atom stereocenters. The van der Waals surface area contributed by atoms with Gasteiger partial charge in [-0.05, 0) is 24.3 Å². The zero-order valence-electron chi connectivity index (χ0n) is 10.3. The van der Waals surface area contributed by atoms with E-state index in [2.05, 4.69) is 31.1 Å². The first-order valence-electron chi connectivity index (χ1n) is 6.11. The van der Waals surface area contributed by atoms with Crippen molar-refractivity contribution >= 4 is 38.4 Å². The normalized spacial score (nSPS) is 11.4. The number of imidazole rings is 1. The Bertz CT molecular complexity index is 937. The summed E-state index contributed by atoms with van der Waals surface area (Å²) in [6, 6.07) is 13.6. The summed E-state index contributed by atoms with van der Waals surface area (Å²) < 4.78 is 2.96. The van der Waals surface area contributed by atoms with Gasteiger partial charge in [0.1, 0.15) is 0 Å². The molecule has 0 bridgehead atoms. The van der Waals surface area contributed by atoms with Crippen LogP contribution in [0.3, 0.4) is 0 Å². The number of hydrogen-bond acceptors (Lipinski definition) is 3. The van der Waals surface area contributed by atoms with E-state index in [-0.39, 0.29) is 0 Å². The summed E-state index contributed by atoms with van der Waals surface area (Å²) in [6.07, 6.45) is 0. The molecule has 0 unspecified atom stereocenters. The SMILES string of the molecule is Nc1ccc2nc3[nH]nc(-c4ccccc4Br)n3c2c1. The highest BCUT2D eigenvalue weighted by Gasteiger charge is 2.15. The number of nitrogens with one attached hydrogen (secondary N) is 1. The summed E-state index contributed by atoms with van der Waals surface area (Å²) >= 11 is 3.56. The Morgan fingerprint density at radius 2 is 2.00 bits per heavy atom. The molecule has 0 spiro atoms. The highest BCUT2D eigenvalue weighted by molar-refractivity contribution is 9.10. The molecular formula is C14H10BrN5. The second-order valence-electron chi connectivity index (χ2n) is 4.55. The Morgan fingerprint density at radius 1 is 1.15 bits per heavy atom. The minimum atomic E-state index is 0.705. The van der Waals surface area contributed by atoms with Crippen molar-refractivity contribution in [1.29, 1.82) is 0 Å². The second kappa shape index (κ2) is 4.08. The number of benzene rings is 2. The van der Waals surface area contributed by atoms with E-state index in [0.717, 1.165) is 26.9 Å². The first kappa shape index (κ1) is 11.5. The third-order valence-electron chi connectivity index (χ3n) is 3.27. The van der Waals surface area contributed by atoms with E-state index in [1.54, 1.807) is 0 Å². The number of halogens is 1. The molecule has 0 fully saturated rings. The van der Waals surface area contributed by atoms with Gasteiger partial charge in [0.05, 0.1) is 11.0 Å². The van der Waals surface area contributed by atoms with Crippen molar-refractivity contribution in [2.75, 3.05) is 5.73 Å². The number of aromatic nitrogens is 4. The number of rotatable bonds is 1. The molecule has 0 saturated heterocycles. The van der Waals surface area contributed by atoms with Crippen LogP contribution in [0.2, 0.25) is 0 Å². The topological polar surface area (TPSA) is 72.0 Å². The average molecular weight is 328 g/mol. The van der Waals surface area contributed by atoms with E-state index in [9.17, 15) is 0 Å². The molecule has 0 aliphatic heterocycles. The number of aromatic amines is 1. The lowest BCUT2D eigenvalue weighted by atomic mass is 10.2. The van der Waals surface area contributed by atoms with Crippen LogP contribution in [0, 0.1) is 0 Å². The molecule has 2 aromatic carbocycles. The Kier molecular flexibility index (Phi) is 2.34. The Morgan fingerprint density at radius 3 is 2.85 bits per heavy atom. The van der Waals surface area contributed by atoms with E-state index in [4.69, 9.17) is 5.73 Å². The van der Waals surface area contributed by atoms with Gasteiger partial charge in [-0.2, -0.15) is 5.10 Å². The first-order chi connectivity index (χ1) is 9.74. The average Bonchev–Trinajstić information content (AvgIpc) is 2.99. The van der Waals surface area contributed by atoms with Gasteiger partial charge in [-0.15, -0.1) is 0 Å². The zero-order chi connectivity index (χ0) is 13.7. The molecule has 0 amide bonds. The number of hydrogen-bond donors (Lipinski definition) is 2. The van der Waals surface area contributed by atoms with Crippen molar-refractivity contribution in [2.45, 2.75) is 0 Å². The van der Waals surface area contributed by atoms with Crippen LogP contribution in [-0.2, 0) is 0 Å². The van der Waals surface area contributed by atoms with Gasteiger partial charge in [0.2, 0.25) is 5.78 Å². The van der Waals surface area contributed by atoms with Crippen LogP contribution in [-0.4, -0.2) is 19.6 Å². The van der Waals surface area contributed by atoms with Gasteiger partial charge in [0.25, 0.3) is 0 Å². The van der Waals surface area contributed by atoms with Crippen LogP contribution in [0.4, 0.5) is 5.69 Å². The molecule has 0 aliphatic rings. The van der Waals surface area contributed by atoms with Gasteiger partial charge in [-0.3, -0.25) is 4.40 Å². The molecule has 20 heavy (non-hydrogen) atoms. The molecule has 98 valence electrons. The Labute approximate surface area is 122 Å². The minimum Gasteiger partial charge on any atom is -0.399 e. The summed E-state index contributed by atoms with van der Waals surface area (Å²) in [5.74, 6) is 1.51. The number of nitrogens with two attached hydrogens (primary N) is 1. The van der Waals surface area contributed by atoms with Crippen LogP contribution >= 0.6 is 15.9 Å².